The molecule has 1 saturated carbocycles. The third-order valence-corrected chi connectivity index (χ3v) is 8.34. The van der Waals surface area contributed by atoms with Crippen LogP contribution in [0.3, 0.4) is 0 Å². The quantitative estimate of drug-likeness (QED) is 0.274. The van der Waals surface area contributed by atoms with Crippen LogP contribution >= 0.6 is 11.3 Å². The number of fused-ring (bicyclic) bond motifs is 1. The van der Waals surface area contributed by atoms with E-state index in [1.165, 1.54) is 18.4 Å². The lowest BCUT2D eigenvalue weighted by Crippen LogP contribution is -2.42. The SMILES string of the molecule is COC(=O)c1sc(-c2ccc(-c3ccn4nccc4n3)cc2)cc1N(C(=O)C1CCC(C)CC1)C(C)C. The lowest BCUT2D eigenvalue weighted by molar-refractivity contribution is -0.123. The summed E-state index contributed by atoms with van der Waals surface area (Å²) in [5, 5.41) is 4.20. The van der Waals surface area contributed by atoms with E-state index in [1.807, 2.05) is 67.4 Å². The topological polar surface area (TPSA) is 76.8 Å². The summed E-state index contributed by atoms with van der Waals surface area (Å²) in [7, 11) is 1.38. The molecule has 0 radical (unpaired) electrons. The van der Waals surface area contributed by atoms with Crippen molar-refractivity contribution in [1.29, 1.82) is 0 Å². The van der Waals surface area contributed by atoms with Crippen molar-refractivity contribution in [2.75, 3.05) is 12.0 Å². The largest absolute Gasteiger partial charge is 0.465 e. The number of anilines is 1. The van der Waals surface area contributed by atoms with Crippen molar-refractivity contribution in [3.05, 3.63) is 59.7 Å². The highest BCUT2D eigenvalue weighted by Gasteiger charge is 2.33. The Kier molecular flexibility index (Phi) is 7.11. The van der Waals surface area contributed by atoms with Gasteiger partial charge in [-0.05, 0) is 63.1 Å². The Labute approximate surface area is 221 Å². The lowest BCUT2D eigenvalue weighted by atomic mass is 9.82. The average molecular weight is 517 g/mol. The number of rotatable bonds is 6. The van der Waals surface area contributed by atoms with Gasteiger partial charge in [-0.3, -0.25) is 4.79 Å². The first-order valence-electron chi connectivity index (χ1n) is 12.8. The fraction of sp³-hybridized carbons (Fsp3) is 0.379. The van der Waals surface area contributed by atoms with Crippen LogP contribution in [0.15, 0.2) is 54.9 Å². The molecule has 0 saturated heterocycles. The number of amides is 1. The van der Waals surface area contributed by atoms with Crippen LogP contribution in [0.5, 0.6) is 0 Å². The van der Waals surface area contributed by atoms with Crippen molar-refractivity contribution >= 4 is 34.5 Å². The number of hydrogen-bond donors (Lipinski definition) is 0. The van der Waals surface area contributed by atoms with Gasteiger partial charge in [0.15, 0.2) is 5.65 Å². The van der Waals surface area contributed by atoms with Crippen LogP contribution < -0.4 is 4.90 Å². The van der Waals surface area contributed by atoms with Crippen molar-refractivity contribution in [3.63, 3.8) is 0 Å². The maximum absolute atomic E-state index is 13.7. The van der Waals surface area contributed by atoms with E-state index >= 15 is 0 Å². The molecular formula is C29H32N4O3S. The van der Waals surface area contributed by atoms with Crippen LogP contribution in [0.25, 0.3) is 27.3 Å². The molecule has 1 amide bonds. The highest BCUT2D eigenvalue weighted by molar-refractivity contribution is 7.18. The monoisotopic (exact) mass is 516 g/mol. The summed E-state index contributed by atoms with van der Waals surface area (Å²) >= 11 is 1.36. The van der Waals surface area contributed by atoms with Crippen molar-refractivity contribution in [1.82, 2.24) is 14.6 Å². The molecule has 0 bridgehead atoms. The van der Waals surface area contributed by atoms with Crippen LogP contribution in [-0.4, -0.2) is 39.6 Å². The number of esters is 1. The first-order chi connectivity index (χ1) is 17.9. The standard InChI is InChI=1S/C29H32N4O3S/c1-18(2)33(28(34)22-7-5-19(3)6-8-22)24-17-25(37-27(24)29(35)36-4)21-11-9-20(10-12-21)23-14-16-32-26(31-23)13-15-30-32/h9-19,22H,5-8H2,1-4H3. The molecule has 37 heavy (non-hydrogen) atoms. The summed E-state index contributed by atoms with van der Waals surface area (Å²) in [6.45, 7) is 6.25. The molecule has 0 unspecified atom stereocenters. The number of nitrogens with zero attached hydrogens (tertiary/aromatic N) is 4. The van der Waals surface area contributed by atoms with E-state index in [9.17, 15) is 9.59 Å². The van der Waals surface area contributed by atoms with Crippen molar-refractivity contribution in [2.24, 2.45) is 11.8 Å². The highest BCUT2D eigenvalue weighted by Crippen LogP contribution is 2.40. The zero-order chi connectivity index (χ0) is 26.1. The Morgan fingerprint density at radius 3 is 2.43 bits per heavy atom. The zero-order valence-corrected chi connectivity index (χ0v) is 22.5. The molecule has 1 aromatic carbocycles. The number of thiophene rings is 1. The van der Waals surface area contributed by atoms with E-state index in [0.29, 0.717) is 16.5 Å². The maximum atomic E-state index is 13.7. The van der Waals surface area contributed by atoms with Gasteiger partial charge in [0.1, 0.15) is 4.88 Å². The third-order valence-electron chi connectivity index (χ3n) is 7.18. The summed E-state index contributed by atoms with van der Waals surface area (Å²) in [4.78, 5) is 34.4. The average Bonchev–Trinajstić information content (AvgIpc) is 3.56. The Balaban J connectivity index is 1.47. The van der Waals surface area contributed by atoms with Crippen LogP contribution in [0.1, 0.15) is 56.1 Å². The molecule has 1 aliphatic carbocycles. The van der Waals surface area contributed by atoms with E-state index < -0.39 is 5.97 Å². The van der Waals surface area contributed by atoms with Crippen molar-refractivity contribution in [2.45, 2.75) is 52.5 Å². The molecule has 8 heteroatoms. The van der Waals surface area contributed by atoms with Gasteiger partial charge in [0.2, 0.25) is 5.91 Å². The van der Waals surface area contributed by atoms with Crippen LogP contribution in [0.4, 0.5) is 5.69 Å². The fourth-order valence-electron chi connectivity index (χ4n) is 5.08. The summed E-state index contributed by atoms with van der Waals surface area (Å²) in [6.07, 6.45) is 7.54. The van der Waals surface area contributed by atoms with E-state index in [0.717, 1.165) is 53.0 Å². The van der Waals surface area contributed by atoms with Gasteiger partial charge in [0, 0.05) is 34.7 Å². The number of carbonyl (C=O) groups excluding carboxylic acids is 2. The third kappa shape index (κ3) is 5.03. The molecule has 7 nitrogen and oxygen atoms in total. The molecule has 0 atom stereocenters. The fourth-order valence-corrected chi connectivity index (χ4v) is 6.15. The zero-order valence-electron chi connectivity index (χ0n) is 21.7. The number of hydrogen-bond acceptors (Lipinski definition) is 6. The van der Waals surface area contributed by atoms with E-state index in [4.69, 9.17) is 4.74 Å². The molecule has 0 aliphatic heterocycles. The summed E-state index contributed by atoms with van der Waals surface area (Å²) in [5.41, 5.74) is 4.25. The highest BCUT2D eigenvalue weighted by atomic mass is 32.1. The van der Waals surface area contributed by atoms with Gasteiger partial charge in [-0.25, -0.2) is 14.3 Å². The van der Waals surface area contributed by atoms with Gasteiger partial charge in [-0.2, -0.15) is 5.10 Å². The second-order valence-corrected chi connectivity index (χ2v) is 11.2. The summed E-state index contributed by atoms with van der Waals surface area (Å²) in [5.74, 6) is 0.340. The minimum absolute atomic E-state index is 0.00707. The molecule has 4 aromatic rings. The Morgan fingerprint density at radius 1 is 1.05 bits per heavy atom. The second kappa shape index (κ2) is 10.5. The number of ether oxygens (including phenoxy) is 1. The molecule has 3 aromatic heterocycles. The van der Waals surface area contributed by atoms with E-state index in [2.05, 4.69) is 17.0 Å². The van der Waals surface area contributed by atoms with Gasteiger partial charge >= 0.3 is 5.97 Å². The number of methoxy groups -OCH3 is 1. The predicted octanol–water partition coefficient (Wildman–Crippen LogP) is 6.48. The van der Waals surface area contributed by atoms with Gasteiger partial charge in [0.05, 0.1) is 24.7 Å². The summed E-state index contributed by atoms with van der Waals surface area (Å²) < 4.78 is 6.85. The first-order valence-corrected chi connectivity index (χ1v) is 13.6. The predicted molar refractivity (Wildman–Crippen MR) is 147 cm³/mol. The van der Waals surface area contributed by atoms with Gasteiger partial charge in [-0.1, -0.05) is 31.2 Å². The molecule has 0 N–H and O–H groups in total. The van der Waals surface area contributed by atoms with Crippen LogP contribution in [0.2, 0.25) is 0 Å². The van der Waals surface area contributed by atoms with Crippen LogP contribution in [0, 0.1) is 11.8 Å². The minimum Gasteiger partial charge on any atom is -0.465 e. The van der Waals surface area contributed by atoms with Gasteiger partial charge in [-0.15, -0.1) is 11.3 Å². The van der Waals surface area contributed by atoms with E-state index in [-0.39, 0.29) is 17.9 Å². The van der Waals surface area contributed by atoms with Gasteiger partial charge in [0.25, 0.3) is 0 Å². The molecule has 192 valence electrons. The Morgan fingerprint density at radius 2 is 1.76 bits per heavy atom. The van der Waals surface area contributed by atoms with E-state index in [1.54, 1.807) is 10.7 Å². The minimum atomic E-state index is -0.420. The van der Waals surface area contributed by atoms with Crippen molar-refractivity contribution < 1.29 is 14.3 Å². The van der Waals surface area contributed by atoms with Gasteiger partial charge < -0.3 is 9.64 Å². The number of aromatic nitrogens is 3. The molecule has 1 aliphatic rings. The molecular weight excluding hydrogens is 484 g/mol. The molecule has 5 rings (SSSR count). The Hall–Kier alpha value is -3.52. The molecule has 1 fully saturated rings. The van der Waals surface area contributed by atoms with Crippen LogP contribution in [-0.2, 0) is 9.53 Å². The number of carbonyl (C=O) groups is 2. The van der Waals surface area contributed by atoms with Crippen molar-refractivity contribution in [3.8, 4) is 21.7 Å². The normalized spacial score (nSPS) is 17.8. The smallest absolute Gasteiger partial charge is 0.350 e. The first kappa shape index (κ1) is 25.1. The molecule has 0 spiro atoms. The maximum Gasteiger partial charge on any atom is 0.350 e. The molecule has 3 heterocycles. The summed E-state index contributed by atoms with van der Waals surface area (Å²) in [6, 6.07) is 13.8. The lowest BCUT2D eigenvalue weighted by Gasteiger charge is -2.33. The number of benzene rings is 1. The second-order valence-electron chi connectivity index (χ2n) is 10.1. The Bertz CT molecular complexity index is 1410.